The summed E-state index contributed by atoms with van der Waals surface area (Å²) in [5, 5.41) is 0. The Labute approximate surface area is 99.7 Å². The van der Waals surface area contributed by atoms with Crippen LogP contribution in [-0.4, -0.2) is 15.0 Å². The van der Waals surface area contributed by atoms with Gasteiger partial charge in [0, 0.05) is 32.3 Å². The number of hydrogen-bond donors (Lipinski definition) is 0. The minimum Gasteiger partial charge on any atom is -0.425 e. The van der Waals surface area contributed by atoms with Gasteiger partial charge in [-0.3, -0.25) is 0 Å². The summed E-state index contributed by atoms with van der Waals surface area (Å²) in [6, 6.07) is 8.56. The van der Waals surface area contributed by atoms with Crippen LogP contribution in [0.25, 0.3) is 0 Å². The minimum absolute atomic E-state index is 0.329. The van der Waals surface area contributed by atoms with Gasteiger partial charge in [-0.15, -0.1) is 0 Å². The normalized spacial score (nSPS) is 12.6. The van der Waals surface area contributed by atoms with E-state index in [0.29, 0.717) is 5.75 Å². The van der Waals surface area contributed by atoms with E-state index in [4.69, 9.17) is 4.74 Å². The molecular weight excluding hydrogens is 314 g/mol. The van der Waals surface area contributed by atoms with Gasteiger partial charge < -0.3 is 4.74 Å². The van der Waals surface area contributed by atoms with Crippen molar-refractivity contribution in [3.63, 3.8) is 0 Å². The average Bonchev–Trinajstić information content (AvgIpc) is 2.18. The number of nitrogens with zero attached hydrogens (tertiary/aromatic N) is 1. The first-order valence-corrected chi connectivity index (χ1v) is 5.40. The summed E-state index contributed by atoms with van der Waals surface area (Å²) in [5.41, 5.74) is 0. The van der Waals surface area contributed by atoms with E-state index in [2.05, 4.69) is 32.3 Å². The van der Waals surface area contributed by atoms with Gasteiger partial charge in [0.25, 0.3) is 0 Å². The second-order valence-electron chi connectivity index (χ2n) is 2.67. The summed E-state index contributed by atoms with van der Waals surface area (Å²) in [6.45, 7) is 1.72. The van der Waals surface area contributed by atoms with Crippen LogP contribution in [0.5, 0.6) is 5.75 Å². The molecule has 0 bridgehead atoms. The highest BCUT2D eigenvalue weighted by atomic mass is 79.9. The Kier molecular flexibility index (Phi) is 4.57. The number of para-hydroxylation sites is 1. The predicted molar refractivity (Wildman–Crippen MR) is 61.2 cm³/mol. The van der Waals surface area contributed by atoms with E-state index in [1.54, 1.807) is 19.1 Å². The summed E-state index contributed by atoms with van der Waals surface area (Å²) < 4.78 is 6.53. The van der Waals surface area contributed by atoms with Gasteiger partial charge in [0.05, 0.1) is 0 Å². The zero-order chi connectivity index (χ0) is 10.6. The zero-order valence-corrected chi connectivity index (χ0v) is 10.7. The molecule has 0 saturated carbocycles. The molecule has 1 aromatic carbocycles. The predicted octanol–water partition coefficient (Wildman–Crippen LogP) is 2.90. The third-order valence-corrected chi connectivity index (χ3v) is 2.82. The molecule has 0 N–H and O–H groups in total. The number of carbonyl (C=O) groups is 1. The first-order valence-electron chi connectivity index (χ1n) is 3.99. The van der Waals surface area contributed by atoms with Gasteiger partial charge in [0.15, 0.2) is 0 Å². The van der Waals surface area contributed by atoms with Gasteiger partial charge in [0.2, 0.25) is 0 Å². The second-order valence-corrected chi connectivity index (χ2v) is 5.15. The molecule has 1 unspecified atom stereocenters. The van der Waals surface area contributed by atoms with Crippen molar-refractivity contribution in [3.8, 4) is 5.75 Å². The Bertz CT molecular complexity index is 303. The van der Waals surface area contributed by atoms with E-state index in [1.807, 2.05) is 18.2 Å². The Morgan fingerprint density at radius 3 is 2.43 bits per heavy atom. The zero-order valence-electron chi connectivity index (χ0n) is 7.48. The maximum atomic E-state index is 11.4. The van der Waals surface area contributed by atoms with Gasteiger partial charge >= 0.3 is 5.97 Å². The number of ether oxygens (including phenoxy) is 1. The van der Waals surface area contributed by atoms with Crippen LogP contribution in [0.4, 0.5) is 0 Å². The smallest absolute Gasteiger partial charge is 0.330 e. The fourth-order valence-corrected chi connectivity index (χ4v) is 1.10. The molecule has 14 heavy (non-hydrogen) atoms. The summed E-state index contributed by atoms with van der Waals surface area (Å²) >= 11 is 6.21. The molecule has 5 heteroatoms. The fourth-order valence-electron chi connectivity index (χ4n) is 0.770. The lowest BCUT2D eigenvalue weighted by Crippen LogP contribution is -2.29. The number of hydrogen-bond acceptors (Lipinski definition) is 3. The van der Waals surface area contributed by atoms with Crippen LogP contribution < -0.4 is 4.74 Å². The lowest BCUT2D eigenvalue weighted by Gasteiger charge is -2.13. The first-order chi connectivity index (χ1) is 6.61. The molecule has 0 aliphatic heterocycles. The molecule has 1 atom stereocenters. The molecule has 0 fully saturated rings. The van der Waals surface area contributed by atoms with Crippen molar-refractivity contribution in [2.75, 3.05) is 0 Å². The molecule has 0 saturated heterocycles. The van der Waals surface area contributed by atoms with Gasteiger partial charge in [-0.25, -0.2) is 4.79 Å². The average molecular weight is 323 g/mol. The molecule has 1 rings (SSSR count). The second kappa shape index (κ2) is 5.48. The SMILES string of the molecule is CC(C(=O)Oc1ccccc1)N(Br)Br. The standard InChI is InChI=1S/C9H9Br2NO2/c1-7(12(10)11)9(13)14-8-5-3-2-4-6-8/h2-7H,1H3. The Balaban J connectivity index is 2.58. The van der Waals surface area contributed by atoms with Crippen molar-refractivity contribution in [1.29, 1.82) is 0 Å². The Morgan fingerprint density at radius 1 is 1.36 bits per heavy atom. The van der Waals surface area contributed by atoms with Crippen LogP contribution in [-0.2, 0) is 4.79 Å². The Hall–Kier alpha value is -0.390. The van der Waals surface area contributed by atoms with E-state index < -0.39 is 6.04 Å². The van der Waals surface area contributed by atoms with Crippen LogP contribution in [0.1, 0.15) is 6.92 Å². The molecule has 0 aromatic heterocycles. The molecule has 3 nitrogen and oxygen atoms in total. The number of esters is 1. The molecule has 0 radical (unpaired) electrons. The third kappa shape index (κ3) is 3.40. The van der Waals surface area contributed by atoms with Crippen LogP contribution in [0, 0.1) is 0 Å². The summed E-state index contributed by atoms with van der Waals surface area (Å²) in [6.07, 6.45) is 0. The van der Waals surface area contributed by atoms with Crippen LogP contribution >= 0.6 is 32.3 Å². The lowest BCUT2D eigenvalue weighted by molar-refractivity contribution is -0.136. The van der Waals surface area contributed by atoms with Crippen LogP contribution in [0.3, 0.4) is 0 Å². The van der Waals surface area contributed by atoms with Crippen molar-refractivity contribution in [2.24, 2.45) is 0 Å². The Morgan fingerprint density at radius 2 is 1.93 bits per heavy atom. The third-order valence-electron chi connectivity index (χ3n) is 1.60. The van der Waals surface area contributed by atoms with E-state index in [-0.39, 0.29) is 5.97 Å². The van der Waals surface area contributed by atoms with Crippen molar-refractivity contribution >= 4 is 38.3 Å². The molecule has 0 spiro atoms. The maximum absolute atomic E-state index is 11.4. The molecule has 0 amide bonds. The van der Waals surface area contributed by atoms with Gasteiger partial charge in [-0.05, 0) is 19.1 Å². The van der Waals surface area contributed by atoms with Crippen LogP contribution in [0.2, 0.25) is 0 Å². The van der Waals surface area contributed by atoms with E-state index in [9.17, 15) is 4.79 Å². The number of benzene rings is 1. The molecule has 0 aliphatic carbocycles. The molecule has 76 valence electrons. The van der Waals surface area contributed by atoms with E-state index in [0.717, 1.165) is 0 Å². The minimum atomic E-state index is -0.393. The quantitative estimate of drug-likeness (QED) is 0.487. The monoisotopic (exact) mass is 321 g/mol. The number of carbonyl (C=O) groups excluding carboxylic acids is 1. The first kappa shape index (κ1) is 11.7. The summed E-state index contributed by atoms with van der Waals surface area (Å²) in [5.74, 6) is 0.219. The highest BCUT2D eigenvalue weighted by Crippen LogP contribution is 2.15. The lowest BCUT2D eigenvalue weighted by atomic mass is 10.3. The van der Waals surface area contributed by atoms with E-state index >= 15 is 0 Å². The fraction of sp³-hybridized carbons (Fsp3) is 0.222. The van der Waals surface area contributed by atoms with Gasteiger partial charge in [-0.1, -0.05) is 18.2 Å². The largest absolute Gasteiger partial charge is 0.425 e. The van der Waals surface area contributed by atoms with Gasteiger partial charge in [-0.2, -0.15) is 2.95 Å². The topological polar surface area (TPSA) is 29.5 Å². The molecular formula is C9H9Br2NO2. The molecule has 0 heterocycles. The number of halogens is 2. The highest BCUT2D eigenvalue weighted by Gasteiger charge is 2.19. The van der Waals surface area contributed by atoms with Crippen molar-refractivity contribution in [2.45, 2.75) is 13.0 Å². The van der Waals surface area contributed by atoms with E-state index in [1.165, 1.54) is 2.95 Å². The van der Waals surface area contributed by atoms with Crippen molar-refractivity contribution in [3.05, 3.63) is 30.3 Å². The maximum Gasteiger partial charge on any atom is 0.330 e. The summed E-state index contributed by atoms with van der Waals surface area (Å²) in [7, 11) is 0. The summed E-state index contributed by atoms with van der Waals surface area (Å²) in [4.78, 5) is 11.4. The molecule has 1 aromatic rings. The number of rotatable bonds is 3. The van der Waals surface area contributed by atoms with Crippen molar-refractivity contribution in [1.82, 2.24) is 2.95 Å². The van der Waals surface area contributed by atoms with Crippen LogP contribution in [0.15, 0.2) is 30.3 Å². The molecule has 0 aliphatic rings. The highest BCUT2D eigenvalue weighted by molar-refractivity contribution is 9.21. The van der Waals surface area contributed by atoms with Gasteiger partial charge in [0.1, 0.15) is 11.8 Å². The van der Waals surface area contributed by atoms with Crippen molar-refractivity contribution < 1.29 is 9.53 Å².